The van der Waals surface area contributed by atoms with Crippen molar-refractivity contribution < 1.29 is 4.92 Å². The number of nitro benzene ring substituents is 1. The molecule has 0 bridgehead atoms. The summed E-state index contributed by atoms with van der Waals surface area (Å²) >= 11 is 0. The topological polar surface area (TPSA) is 55.2 Å². The van der Waals surface area contributed by atoms with Gasteiger partial charge < -0.3 is 5.32 Å². The smallest absolute Gasteiger partial charge is 0.292 e. The summed E-state index contributed by atoms with van der Waals surface area (Å²) in [7, 11) is 0. The number of rotatable bonds is 3. The first kappa shape index (κ1) is 17.8. The molecule has 4 rings (SSSR count). The summed E-state index contributed by atoms with van der Waals surface area (Å²) < 4.78 is 0. The summed E-state index contributed by atoms with van der Waals surface area (Å²) in [5.74, 6) is 1.11. The molecule has 2 aromatic rings. The molecule has 1 aliphatic heterocycles. The van der Waals surface area contributed by atoms with Gasteiger partial charge in [0.15, 0.2) is 0 Å². The molecule has 0 amide bonds. The van der Waals surface area contributed by atoms with Crippen molar-refractivity contribution in [1.29, 1.82) is 0 Å². The fourth-order valence-electron chi connectivity index (χ4n) is 4.64. The lowest BCUT2D eigenvalue weighted by atomic mass is 9.74. The Bertz CT molecular complexity index is 928. The molecule has 0 saturated carbocycles. The van der Waals surface area contributed by atoms with E-state index in [1.807, 2.05) is 6.92 Å². The third-order valence-electron chi connectivity index (χ3n) is 6.31. The number of nitrogens with one attached hydrogen (secondary N) is 1. The Hall–Kier alpha value is -2.62. The summed E-state index contributed by atoms with van der Waals surface area (Å²) in [5.41, 5.74) is 6.67. The molecule has 1 N–H and O–H groups in total. The summed E-state index contributed by atoms with van der Waals surface area (Å²) in [5, 5.41) is 15.3. The van der Waals surface area contributed by atoms with E-state index in [9.17, 15) is 10.1 Å². The van der Waals surface area contributed by atoms with Gasteiger partial charge in [0.25, 0.3) is 5.69 Å². The standard InChI is InChI=1S/C23H26N2O2/c1-13(2)16-8-10-17(11-9-16)22-19-7-5-6-18(19)21-15(4)14(3)12-20(25(26)27)23(21)24-22/h5-6,8-13,18-19,22,24H,7H2,1-4H3/t18-,19+,22-/m1/s1. The molecule has 2 aliphatic rings. The number of nitrogens with zero attached hydrogens (tertiary/aromatic N) is 1. The van der Waals surface area contributed by atoms with Gasteiger partial charge in [0.1, 0.15) is 5.69 Å². The molecule has 140 valence electrons. The lowest BCUT2D eigenvalue weighted by Gasteiger charge is -2.38. The minimum Gasteiger partial charge on any atom is -0.372 e. The Morgan fingerprint density at radius 2 is 1.89 bits per heavy atom. The van der Waals surface area contributed by atoms with Crippen molar-refractivity contribution in [3.63, 3.8) is 0 Å². The molecular formula is C23H26N2O2. The monoisotopic (exact) mass is 362 g/mol. The van der Waals surface area contributed by atoms with Crippen LogP contribution in [0.15, 0.2) is 42.5 Å². The van der Waals surface area contributed by atoms with Crippen LogP contribution in [0.5, 0.6) is 0 Å². The van der Waals surface area contributed by atoms with Crippen LogP contribution in [-0.4, -0.2) is 4.92 Å². The summed E-state index contributed by atoms with van der Waals surface area (Å²) in [6.07, 6.45) is 5.47. The van der Waals surface area contributed by atoms with E-state index in [0.717, 1.165) is 17.5 Å². The molecule has 0 radical (unpaired) electrons. The van der Waals surface area contributed by atoms with Crippen molar-refractivity contribution in [2.45, 2.75) is 52.0 Å². The van der Waals surface area contributed by atoms with Crippen LogP contribution >= 0.6 is 0 Å². The Morgan fingerprint density at radius 1 is 1.19 bits per heavy atom. The summed E-state index contributed by atoms with van der Waals surface area (Å²) in [4.78, 5) is 11.5. The molecule has 0 saturated heterocycles. The van der Waals surface area contributed by atoms with E-state index in [1.165, 1.54) is 16.7 Å². The van der Waals surface area contributed by atoms with Gasteiger partial charge in [-0.3, -0.25) is 10.1 Å². The summed E-state index contributed by atoms with van der Waals surface area (Å²) in [6.45, 7) is 8.43. The van der Waals surface area contributed by atoms with Crippen LogP contribution in [-0.2, 0) is 0 Å². The van der Waals surface area contributed by atoms with E-state index in [2.05, 4.69) is 62.5 Å². The second-order valence-electron chi connectivity index (χ2n) is 8.18. The van der Waals surface area contributed by atoms with Crippen LogP contribution in [0.2, 0.25) is 0 Å². The lowest BCUT2D eigenvalue weighted by Crippen LogP contribution is -2.30. The number of fused-ring (bicyclic) bond motifs is 3. The van der Waals surface area contributed by atoms with Crippen molar-refractivity contribution in [3.8, 4) is 0 Å². The van der Waals surface area contributed by atoms with Crippen LogP contribution in [0.25, 0.3) is 0 Å². The van der Waals surface area contributed by atoms with Gasteiger partial charge in [-0.15, -0.1) is 0 Å². The zero-order valence-electron chi connectivity index (χ0n) is 16.3. The SMILES string of the molecule is Cc1cc([N+](=O)[O-])c2c(c1C)[C@@H]1C=CC[C@@H]1[C@@H](c1ccc(C(C)C)cc1)N2. The summed E-state index contributed by atoms with van der Waals surface area (Å²) in [6, 6.07) is 10.5. The van der Waals surface area contributed by atoms with Gasteiger partial charge in [0, 0.05) is 12.0 Å². The fourth-order valence-corrected chi connectivity index (χ4v) is 4.64. The van der Waals surface area contributed by atoms with Crippen molar-refractivity contribution >= 4 is 11.4 Å². The molecule has 0 fully saturated rings. The second-order valence-corrected chi connectivity index (χ2v) is 8.18. The maximum Gasteiger partial charge on any atom is 0.292 e. The lowest BCUT2D eigenvalue weighted by molar-refractivity contribution is -0.384. The first-order valence-corrected chi connectivity index (χ1v) is 9.70. The van der Waals surface area contributed by atoms with E-state index in [4.69, 9.17) is 0 Å². The minimum atomic E-state index is -0.254. The highest BCUT2D eigenvalue weighted by molar-refractivity contribution is 5.74. The molecule has 3 atom stereocenters. The van der Waals surface area contributed by atoms with Crippen molar-refractivity contribution in [2.75, 3.05) is 5.32 Å². The molecule has 0 unspecified atom stereocenters. The number of anilines is 1. The number of allylic oxidation sites excluding steroid dienone is 2. The van der Waals surface area contributed by atoms with E-state index >= 15 is 0 Å². The molecule has 1 heterocycles. The fraction of sp³-hybridized carbons (Fsp3) is 0.391. The van der Waals surface area contributed by atoms with Crippen LogP contribution < -0.4 is 5.32 Å². The zero-order chi connectivity index (χ0) is 19.3. The first-order chi connectivity index (χ1) is 12.9. The molecule has 4 nitrogen and oxygen atoms in total. The average Bonchev–Trinajstić information content (AvgIpc) is 3.13. The largest absolute Gasteiger partial charge is 0.372 e. The number of hydrogen-bond acceptors (Lipinski definition) is 3. The van der Waals surface area contributed by atoms with Crippen LogP contribution in [0, 0.1) is 29.9 Å². The highest BCUT2D eigenvalue weighted by atomic mass is 16.6. The van der Waals surface area contributed by atoms with Gasteiger partial charge in [-0.05, 0) is 59.9 Å². The Kier molecular flexibility index (Phi) is 4.29. The van der Waals surface area contributed by atoms with Crippen LogP contribution in [0.3, 0.4) is 0 Å². The van der Waals surface area contributed by atoms with Crippen molar-refractivity contribution in [1.82, 2.24) is 0 Å². The van der Waals surface area contributed by atoms with E-state index in [1.54, 1.807) is 6.07 Å². The molecule has 27 heavy (non-hydrogen) atoms. The Labute approximate surface area is 160 Å². The van der Waals surface area contributed by atoms with Gasteiger partial charge in [-0.1, -0.05) is 50.3 Å². The Morgan fingerprint density at radius 3 is 2.52 bits per heavy atom. The van der Waals surface area contributed by atoms with E-state index in [-0.39, 0.29) is 22.6 Å². The van der Waals surface area contributed by atoms with Gasteiger partial charge in [0.2, 0.25) is 0 Å². The predicted molar refractivity (Wildman–Crippen MR) is 109 cm³/mol. The van der Waals surface area contributed by atoms with Gasteiger partial charge in [-0.2, -0.15) is 0 Å². The van der Waals surface area contributed by atoms with Crippen molar-refractivity contribution in [3.05, 3.63) is 80.4 Å². The molecule has 0 spiro atoms. The number of aryl methyl sites for hydroxylation is 1. The number of benzene rings is 2. The van der Waals surface area contributed by atoms with Gasteiger partial charge in [-0.25, -0.2) is 0 Å². The third kappa shape index (κ3) is 2.84. The maximum atomic E-state index is 11.7. The molecular weight excluding hydrogens is 336 g/mol. The van der Waals surface area contributed by atoms with Gasteiger partial charge in [0.05, 0.1) is 11.0 Å². The first-order valence-electron chi connectivity index (χ1n) is 9.70. The molecule has 1 aliphatic carbocycles. The minimum absolute atomic E-state index is 0.0829. The highest BCUT2D eigenvalue weighted by Gasteiger charge is 2.41. The molecule has 2 aromatic carbocycles. The highest BCUT2D eigenvalue weighted by Crippen LogP contribution is 2.53. The number of hydrogen-bond donors (Lipinski definition) is 1. The van der Waals surface area contributed by atoms with E-state index < -0.39 is 0 Å². The van der Waals surface area contributed by atoms with Crippen LogP contribution in [0.1, 0.15) is 66.0 Å². The van der Waals surface area contributed by atoms with Gasteiger partial charge >= 0.3 is 0 Å². The predicted octanol–water partition coefficient (Wildman–Crippen LogP) is 6.16. The zero-order valence-corrected chi connectivity index (χ0v) is 16.3. The molecule has 4 heteroatoms. The normalized spacial score (nSPS) is 23.1. The second kappa shape index (κ2) is 6.52. The van der Waals surface area contributed by atoms with Crippen molar-refractivity contribution in [2.24, 2.45) is 5.92 Å². The quantitative estimate of drug-likeness (QED) is 0.404. The molecule has 0 aromatic heterocycles. The Balaban J connectivity index is 1.83. The average molecular weight is 362 g/mol. The van der Waals surface area contributed by atoms with E-state index in [0.29, 0.717) is 17.5 Å². The maximum absolute atomic E-state index is 11.7. The third-order valence-corrected chi connectivity index (χ3v) is 6.31. The number of nitro groups is 1. The van der Waals surface area contributed by atoms with Crippen LogP contribution in [0.4, 0.5) is 11.4 Å².